The van der Waals surface area contributed by atoms with Crippen molar-refractivity contribution in [2.24, 2.45) is 5.92 Å². The topological polar surface area (TPSA) is 24.5 Å². The Labute approximate surface area is 93.2 Å². The van der Waals surface area contributed by atoms with Gasteiger partial charge in [0.2, 0.25) is 0 Å². The van der Waals surface area contributed by atoms with Crippen molar-refractivity contribution in [1.29, 1.82) is 0 Å². The number of likely N-dealkylation sites (tertiary alicyclic amines) is 1. The lowest BCUT2D eigenvalue weighted by molar-refractivity contribution is 0.114. The second-order valence-electron chi connectivity index (χ2n) is 5.18. The average Bonchev–Trinajstić information content (AvgIpc) is 2.69. The Morgan fingerprint density at radius 3 is 2.67 bits per heavy atom. The Balaban J connectivity index is 1.69. The van der Waals surface area contributed by atoms with Crippen molar-refractivity contribution < 1.29 is 4.74 Å². The van der Waals surface area contributed by atoms with E-state index in [2.05, 4.69) is 17.1 Å². The van der Waals surface area contributed by atoms with Crippen LogP contribution in [0.2, 0.25) is 0 Å². The summed E-state index contributed by atoms with van der Waals surface area (Å²) in [5.41, 5.74) is 0. The monoisotopic (exact) mass is 212 g/mol. The second kappa shape index (κ2) is 5.28. The zero-order chi connectivity index (χ0) is 10.7. The summed E-state index contributed by atoms with van der Waals surface area (Å²) in [6.45, 7) is 7.19. The molecule has 15 heavy (non-hydrogen) atoms. The van der Waals surface area contributed by atoms with E-state index >= 15 is 0 Å². The summed E-state index contributed by atoms with van der Waals surface area (Å²) < 4.78 is 5.37. The molecule has 2 atom stereocenters. The lowest BCUT2D eigenvalue weighted by Gasteiger charge is -2.32. The van der Waals surface area contributed by atoms with E-state index in [0.29, 0.717) is 12.1 Å². The van der Waals surface area contributed by atoms with Crippen LogP contribution in [0.5, 0.6) is 0 Å². The highest BCUT2D eigenvalue weighted by molar-refractivity contribution is 4.85. The summed E-state index contributed by atoms with van der Waals surface area (Å²) in [6, 6.07) is 0.656. The van der Waals surface area contributed by atoms with Gasteiger partial charge in [-0.05, 0) is 38.3 Å². The van der Waals surface area contributed by atoms with E-state index in [4.69, 9.17) is 4.74 Å². The fraction of sp³-hybridized carbons (Fsp3) is 1.00. The van der Waals surface area contributed by atoms with Gasteiger partial charge in [-0.3, -0.25) is 0 Å². The third-order valence-corrected chi connectivity index (χ3v) is 3.87. The molecule has 2 rings (SSSR count). The molecule has 2 aliphatic heterocycles. The summed E-state index contributed by atoms with van der Waals surface area (Å²) in [5.74, 6) is 0.935. The molecule has 0 bridgehead atoms. The van der Waals surface area contributed by atoms with Crippen LogP contribution in [0, 0.1) is 5.92 Å². The first-order valence-electron chi connectivity index (χ1n) is 6.26. The van der Waals surface area contributed by atoms with Gasteiger partial charge in [-0.1, -0.05) is 6.92 Å². The highest BCUT2D eigenvalue weighted by Gasteiger charge is 2.26. The predicted octanol–water partition coefficient (Wildman–Crippen LogP) is 1.10. The number of hydrogen-bond donors (Lipinski definition) is 1. The Bertz CT molecular complexity index is 190. The lowest BCUT2D eigenvalue weighted by Crippen LogP contribution is -2.41. The van der Waals surface area contributed by atoms with Crippen molar-refractivity contribution in [2.75, 3.05) is 33.3 Å². The van der Waals surface area contributed by atoms with Crippen LogP contribution in [0.4, 0.5) is 0 Å². The maximum Gasteiger partial charge on any atom is 0.0711 e. The summed E-state index contributed by atoms with van der Waals surface area (Å²) in [6.07, 6.45) is 4.38. The Hall–Kier alpha value is -0.120. The molecular formula is C12H24N2O. The van der Waals surface area contributed by atoms with E-state index in [0.717, 1.165) is 12.5 Å². The van der Waals surface area contributed by atoms with Crippen molar-refractivity contribution in [3.8, 4) is 0 Å². The molecule has 1 N–H and O–H groups in total. The van der Waals surface area contributed by atoms with E-state index in [1.54, 1.807) is 0 Å². The third-order valence-electron chi connectivity index (χ3n) is 3.87. The molecule has 0 aromatic carbocycles. The molecule has 0 amide bonds. The van der Waals surface area contributed by atoms with E-state index in [1.807, 2.05) is 7.11 Å². The standard InChI is InChI=1S/C12H24N2O/c1-10-3-5-14(6-4-10)9-11-7-12(15-2)8-13-11/h10-13H,3-9H2,1-2H3/t11-,12-/m0/s1. The molecule has 0 aromatic rings. The van der Waals surface area contributed by atoms with E-state index in [9.17, 15) is 0 Å². The van der Waals surface area contributed by atoms with Crippen LogP contribution in [0.1, 0.15) is 26.2 Å². The largest absolute Gasteiger partial charge is 0.380 e. The number of ether oxygens (including phenoxy) is 1. The maximum absolute atomic E-state index is 5.37. The molecule has 88 valence electrons. The molecule has 0 aromatic heterocycles. The first kappa shape index (κ1) is 11.4. The number of piperidine rings is 1. The van der Waals surface area contributed by atoms with Crippen molar-refractivity contribution in [3.63, 3.8) is 0 Å². The Kier molecular flexibility index (Phi) is 4.00. The molecule has 0 aliphatic carbocycles. The quantitative estimate of drug-likeness (QED) is 0.758. The molecule has 3 heteroatoms. The summed E-state index contributed by atoms with van der Waals surface area (Å²) in [7, 11) is 1.82. The highest BCUT2D eigenvalue weighted by Crippen LogP contribution is 2.18. The third kappa shape index (κ3) is 3.16. The van der Waals surface area contributed by atoms with E-state index in [1.165, 1.54) is 38.9 Å². The summed E-state index contributed by atoms with van der Waals surface area (Å²) in [4.78, 5) is 2.61. The zero-order valence-electron chi connectivity index (χ0n) is 10.0. The number of hydrogen-bond acceptors (Lipinski definition) is 3. The molecular weight excluding hydrogens is 188 g/mol. The van der Waals surface area contributed by atoms with Gasteiger partial charge in [-0.25, -0.2) is 0 Å². The number of nitrogens with one attached hydrogen (secondary N) is 1. The minimum atomic E-state index is 0.443. The van der Waals surface area contributed by atoms with Crippen LogP contribution in [0.15, 0.2) is 0 Å². The molecule has 2 heterocycles. The van der Waals surface area contributed by atoms with Crippen molar-refractivity contribution in [1.82, 2.24) is 10.2 Å². The molecule has 0 spiro atoms. The number of nitrogens with zero attached hydrogens (tertiary/aromatic N) is 1. The van der Waals surface area contributed by atoms with Gasteiger partial charge in [0, 0.05) is 26.2 Å². The molecule has 2 saturated heterocycles. The molecule has 0 unspecified atom stereocenters. The van der Waals surface area contributed by atoms with Crippen LogP contribution in [0.3, 0.4) is 0 Å². The van der Waals surface area contributed by atoms with Crippen LogP contribution in [-0.4, -0.2) is 50.3 Å². The lowest BCUT2D eigenvalue weighted by atomic mass is 9.99. The molecule has 2 aliphatic rings. The SMILES string of the molecule is CO[C@@H]1CN[C@H](CN2CCC(C)CC2)C1. The molecule has 3 nitrogen and oxygen atoms in total. The van der Waals surface area contributed by atoms with Gasteiger partial charge >= 0.3 is 0 Å². The fourth-order valence-electron chi connectivity index (χ4n) is 2.66. The molecule has 0 radical (unpaired) electrons. The predicted molar refractivity (Wildman–Crippen MR) is 62.0 cm³/mol. The van der Waals surface area contributed by atoms with Crippen molar-refractivity contribution in [3.05, 3.63) is 0 Å². The Morgan fingerprint density at radius 2 is 2.07 bits per heavy atom. The number of rotatable bonds is 3. The van der Waals surface area contributed by atoms with Crippen LogP contribution >= 0.6 is 0 Å². The van der Waals surface area contributed by atoms with E-state index in [-0.39, 0.29) is 0 Å². The maximum atomic E-state index is 5.37. The van der Waals surface area contributed by atoms with Crippen molar-refractivity contribution >= 4 is 0 Å². The van der Waals surface area contributed by atoms with Gasteiger partial charge in [-0.2, -0.15) is 0 Å². The first-order valence-corrected chi connectivity index (χ1v) is 6.26. The highest BCUT2D eigenvalue weighted by atomic mass is 16.5. The minimum Gasteiger partial charge on any atom is -0.380 e. The fourth-order valence-corrected chi connectivity index (χ4v) is 2.66. The van der Waals surface area contributed by atoms with Gasteiger partial charge in [0.05, 0.1) is 6.10 Å². The second-order valence-corrected chi connectivity index (χ2v) is 5.18. The number of methoxy groups -OCH3 is 1. The normalized spacial score (nSPS) is 34.8. The van der Waals surface area contributed by atoms with Gasteiger partial charge in [0.15, 0.2) is 0 Å². The zero-order valence-corrected chi connectivity index (χ0v) is 10.0. The van der Waals surface area contributed by atoms with E-state index < -0.39 is 0 Å². The molecule has 0 saturated carbocycles. The van der Waals surface area contributed by atoms with Crippen molar-refractivity contribution in [2.45, 2.75) is 38.3 Å². The van der Waals surface area contributed by atoms with Gasteiger partial charge in [0.25, 0.3) is 0 Å². The Morgan fingerprint density at radius 1 is 1.33 bits per heavy atom. The minimum absolute atomic E-state index is 0.443. The average molecular weight is 212 g/mol. The summed E-state index contributed by atoms with van der Waals surface area (Å²) in [5, 5.41) is 3.55. The molecule has 2 fully saturated rings. The van der Waals surface area contributed by atoms with Crippen LogP contribution in [0.25, 0.3) is 0 Å². The smallest absolute Gasteiger partial charge is 0.0711 e. The first-order chi connectivity index (χ1) is 7.28. The van der Waals surface area contributed by atoms with Crippen LogP contribution in [-0.2, 0) is 4.74 Å². The van der Waals surface area contributed by atoms with Gasteiger partial charge in [-0.15, -0.1) is 0 Å². The van der Waals surface area contributed by atoms with Crippen LogP contribution < -0.4 is 5.32 Å². The van der Waals surface area contributed by atoms with Gasteiger partial charge in [0.1, 0.15) is 0 Å². The summed E-state index contributed by atoms with van der Waals surface area (Å²) >= 11 is 0. The van der Waals surface area contributed by atoms with Gasteiger partial charge < -0.3 is 15.0 Å².